The Bertz CT molecular complexity index is 255. The largest absolute Gasteiger partial charge is 0.306 e. The average Bonchev–Trinajstić information content (AvgIpc) is 2.03. The Labute approximate surface area is 84.5 Å². The van der Waals surface area contributed by atoms with Gasteiger partial charge in [-0.3, -0.25) is 0 Å². The summed E-state index contributed by atoms with van der Waals surface area (Å²) >= 11 is 0. The first-order valence-corrected chi connectivity index (χ1v) is 6.88. The van der Waals surface area contributed by atoms with Gasteiger partial charge in [0.05, 0.1) is 5.25 Å². The standard InChI is InChI=1S/C8H16ClNO2S/c1-10(2)7-3-5-8(6-4-7)13(9,11)12/h7-8H,3-6H2,1-2H3. The molecule has 1 saturated carbocycles. The molecule has 1 aliphatic rings. The molecule has 0 radical (unpaired) electrons. The molecule has 0 spiro atoms. The Balaban J connectivity index is 2.49. The number of rotatable bonds is 2. The van der Waals surface area contributed by atoms with Crippen molar-refractivity contribution >= 4 is 19.7 Å². The molecule has 0 saturated heterocycles. The van der Waals surface area contributed by atoms with Crippen molar-refractivity contribution in [2.45, 2.75) is 37.0 Å². The van der Waals surface area contributed by atoms with Crippen molar-refractivity contribution in [1.82, 2.24) is 4.90 Å². The molecule has 0 N–H and O–H groups in total. The van der Waals surface area contributed by atoms with E-state index in [9.17, 15) is 8.42 Å². The maximum atomic E-state index is 11.0. The molecular weight excluding hydrogens is 210 g/mol. The minimum atomic E-state index is -3.32. The van der Waals surface area contributed by atoms with E-state index in [4.69, 9.17) is 10.7 Å². The minimum absolute atomic E-state index is 0.314. The molecule has 1 rings (SSSR count). The fraction of sp³-hybridized carbons (Fsp3) is 1.00. The number of halogens is 1. The second-order valence-corrected chi connectivity index (χ2v) is 6.78. The molecule has 0 aliphatic heterocycles. The molecule has 78 valence electrons. The molecule has 0 aromatic carbocycles. The van der Waals surface area contributed by atoms with E-state index < -0.39 is 9.05 Å². The van der Waals surface area contributed by atoms with Crippen molar-refractivity contribution in [2.75, 3.05) is 14.1 Å². The molecule has 0 amide bonds. The van der Waals surface area contributed by atoms with Crippen molar-refractivity contribution in [1.29, 1.82) is 0 Å². The molecule has 1 aliphatic carbocycles. The first-order valence-electron chi connectivity index (χ1n) is 4.51. The third kappa shape index (κ3) is 3.11. The average molecular weight is 226 g/mol. The third-order valence-corrected chi connectivity index (χ3v) is 4.80. The zero-order chi connectivity index (χ0) is 10.1. The van der Waals surface area contributed by atoms with Crippen LogP contribution in [-0.2, 0) is 9.05 Å². The summed E-state index contributed by atoms with van der Waals surface area (Å²) in [5.41, 5.74) is 0. The van der Waals surface area contributed by atoms with Crippen LogP contribution >= 0.6 is 10.7 Å². The highest BCUT2D eigenvalue weighted by Gasteiger charge is 2.29. The Hall–Kier alpha value is 0.200. The van der Waals surface area contributed by atoms with Crippen LogP contribution in [0.15, 0.2) is 0 Å². The summed E-state index contributed by atoms with van der Waals surface area (Å²) in [6.07, 6.45) is 3.27. The Morgan fingerprint density at radius 2 is 1.62 bits per heavy atom. The van der Waals surface area contributed by atoms with Crippen molar-refractivity contribution in [3.8, 4) is 0 Å². The van der Waals surface area contributed by atoms with Crippen LogP contribution in [0.1, 0.15) is 25.7 Å². The zero-order valence-electron chi connectivity index (χ0n) is 8.03. The van der Waals surface area contributed by atoms with Gasteiger partial charge in [0.25, 0.3) is 0 Å². The van der Waals surface area contributed by atoms with Crippen LogP contribution in [0.3, 0.4) is 0 Å². The van der Waals surface area contributed by atoms with Crippen LogP contribution in [-0.4, -0.2) is 38.7 Å². The van der Waals surface area contributed by atoms with Crippen LogP contribution in [0, 0.1) is 0 Å². The molecule has 0 aromatic heterocycles. The molecule has 1 fully saturated rings. The van der Waals surface area contributed by atoms with Crippen LogP contribution in [0.5, 0.6) is 0 Å². The van der Waals surface area contributed by atoms with E-state index in [0.29, 0.717) is 18.9 Å². The molecule has 13 heavy (non-hydrogen) atoms. The van der Waals surface area contributed by atoms with Gasteiger partial charge in [0.1, 0.15) is 0 Å². The Morgan fingerprint density at radius 3 is 1.92 bits per heavy atom. The lowest BCUT2D eigenvalue weighted by Crippen LogP contribution is -2.35. The first kappa shape index (κ1) is 11.3. The van der Waals surface area contributed by atoms with Gasteiger partial charge in [-0.1, -0.05) is 0 Å². The van der Waals surface area contributed by atoms with E-state index in [0.717, 1.165) is 12.8 Å². The number of hydrogen-bond donors (Lipinski definition) is 0. The second-order valence-electron chi connectivity index (χ2n) is 3.87. The molecule has 3 nitrogen and oxygen atoms in total. The van der Waals surface area contributed by atoms with E-state index in [1.54, 1.807) is 0 Å². The Morgan fingerprint density at radius 1 is 1.15 bits per heavy atom. The number of hydrogen-bond acceptors (Lipinski definition) is 3. The van der Waals surface area contributed by atoms with Gasteiger partial charge in [-0.2, -0.15) is 0 Å². The predicted octanol–water partition coefficient (Wildman–Crippen LogP) is 1.43. The Kier molecular flexibility index (Phi) is 3.60. The van der Waals surface area contributed by atoms with E-state index in [-0.39, 0.29) is 5.25 Å². The monoisotopic (exact) mass is 225 g/mol. The summed E-state index contributed by atoms with van der Waals surface area (Å²) in [5, 5.41) is -0.314. The van der Waals surface area contributed by atoms with Gasteiger partial charge in [-0.05, 0) is 39.8 Å². The van der Waals surface area contributed by atoms with Crippen LogP contribution in [0.2, 0.25) is 0 Å². The van der Waals surface area contributed by atoms with Gasteiger partial charge >= 0.3 is 0 Å². The molecule has 0 atom stereocenters. The van der Waals surface area contributed by atoms with E-state index in [1.807, 2.05) is 14.1 Å². The molecule has 5 heteroatoms. The second kappa shape index (κ2) is 4.15. The van der Waals surface area contributed by atoms with Crippen LogP contribution < -0.4 is 0 Å². The lowest BCUT2D eigenvalue weighted by molar-refractivity contribution is 0.230. The lowest BCUT2D eigenvalue weighted by atomic mass is 9.94. The summed E-state index contributed by atoms with van der Waals surface area (Å²) in [4.78, 5) is 2.15. The van der Waals surface area contributed by atoms with E-state index >= 15 is 0 Å². The quantitative estimate of drug-likeness (QED) is 0.668. The van der Waals surface area contributed by atoms with Gasteiger partial charge in [0, 0.05) is 16.7 Å². The summed E-state index contributed by atoms with van der Waals surface area (Å²) in [5.74, 6) is 0. The molecule has 0 heterocycles. The fourth-order valence-corrected chi connectivity index (χ4v) is 3.21. The summed E-state index contributed by atoms with van der Waals surface area (Å²) in [6.45, 7) is 0. The molecular formula is C8H16ClNO2S. The zero-order valence-corrected chi connectivity index (χ0v) is 9.61. The third-order valence-electron chi connectivity index (χ3n) is 2.77. The smallest absolute Gasteiger partial charge is 0.235 e. The molecule has 0 aromatic rings. The van der Waals surface area contributed by atoms with Gasteiger partial charge in [0.15, 0.2) is 0 Å². The number of nitrogens with zero attached hydrogens (tertiary/aromatic N) is 1. The van der Waals surface area contributed by atoms with Gasteiger partial charge in [-0.25, -0.2) is 8.42 Å². The first-order chi connectivity index (χ1) is 5.91. The highest BCUT2D eigenvalue weighted by molar-refractivity contribution is 8.14. The molecule has 0 unspecified atom stereocenters. The van der Waals surface area contributed by atoms with E-state index in [2.05, 4.69) is 4.90 Å². The highest BCUT2D eigenvalue weighted by Crippen LogP contribution is 2.27. The van der Waals surface area contributed by atoms with Crippen LogP contribution in [0.4, 0.5) is 0 Å². The highest BCUT2D eigenvalue weighted by atomic mass is 35.7. The maximum Gasteiger partial charge on any atom is 0.235 e. The summed E-state index contributed by atoms with van der Waals surface area (Å²) < 4.78 is 22.0. The fourth-order valence-electron chi connectivity index (χ4n) is 1.84. The topological polar surface area (TPSA) is 37.4 Å². The normalized spacial score (nSPS) is 30.8. The van der Waals surface area contributed by atoms with Crippen molar-refractivity contribution in [3.63, 3.8) is 0 Å². The maximum absolute atomic E-state index is 11.0. The predicted molar refractivity (Wildman–Crippen MR) is 54.5 cm³/mol. The minimum Gasteiger partial charge on any atom is -0.306 e. The summed E-state index contributed by atoms with van der Waals surface area (Å²) in [6, 6.07) is 0.523. The van der Waals surface area contributed by atoms with Gasteiger partial charge < -0.3 is 4.90 Å². The van der Waals surface area contributed by atoms with Crippen molar-refractivity contribution in [3.05, 3.63) is 0 Å². The summed E-state index contributed by atoms with van der Waals surface area (Å²) in [7, 11) is 6.03. The van der Waals surface area contributed by atoms with Gasteiger partial charge in [-0.15, -0.1) is 0 Å². The van der Waals surface area contributed by atoms with Gasteiger partial charge in [0.2, 0.25) is 9.05 Å². The SMILES string of the molecule is CN(C)C1CCC(S(=O)(=O)Cl)CC1. The van der Waals surface area contributed by atoms with Crippen molar-refractivity contribution < 1.29 is 8.42 Å². The lowest BCUT2D eigenvalue weighted by Gasteiger charge is -2.31. The van der Waals surface area contributed by atoms with E-state index in [1.165, 1.54) is 0 Å². The van der Waals surface area contributed by atoms with Crippen LogP contribution in [0.25, 0.3) is 0 Å². The van der Waals surface area contributed by atoms with Crippen molar-refractivity contribution in [2.24, 2.45) is 0 Å². The molecule has 0 bridgehead atoms.